The molecule has 3 nitrogen and oxygen atoms in total. The summed E-state index contributed by atoms with van der Waals surface area (Å²) in [5.74, 6) is 0. The minimum absolute atomic E-state index is 0. The summed E-state index contributed by atoms with van der Waals surface area (Å²) < 4.78 is 0. The maximum Gasteiger partial charge on any atom is 0.252 e. The third-order valence-corrected chi connectivity index (χ3v) is 2.56. The summed E-state index contributed by atoms with van der Waals surface area (Å²) in [4.78, 5) is 14.2. The Bertz CT molecular complexity index is 384. The molecule has 1 aromatic rings. The number of H-pyrrole nitrogens is 1. The van der Waals surface area contributed by atoms with Crippen LogP contribution in [0.4, 0.5) is 0 Å². The van der Waals surface area contributed by atoms with Crippen LogP contribution in [-0.4, -0.2) is 4.98 Å². The highest BCUT2D eigenvalue weighted by Crippen LogP contribution is 2.16. The molecule has 72 valence electrons. The highest BCUT2D eigenvalue weighted by molar-refractivity contribution is 5.85. The van der Waals surface area contributed by atoms with Gasteiger partial charge in [0.2, 0.25) is 0 Å². The van der Waals surface area contributed by atoms with Crippen LogP contribution in [-0.2, 0) is 13.1 Å². The quantitative estimate of drug-likeness (QED) is 0.657. The van der Waals surface area contributed by atoms with Gasteiger partial charge in [0.05, 0.1) is 0 Å². The van der Waals surface area contributed by atoms with Gasteiger partial charge in [0.25, 0.3) is 5.56 Å². The third-order valence-electron chi connectivity index (χ3n) is 2.56. The van der Waals surface area contributed by atoms with E-state index in [1.807, 2.05) is 6.92 Å². The lowest BCUT2D eigenvalue weighted by Gasteiger charge is -2.04. The van der Waals surface area contributed by atoms with Crippen LogP contribution < -0.4 is 10.9 Å². The van der Waals surface area contributed by atoms with Crippen molar-refractivity contribution in [2.24, 2.45) is 0 Å². The molecule has 0 fully saturated rings. The van der Waals surface area contributed by atoms with E-state index in [9.17, 15) is 4.79 Å². The molecule has 2 N–H and O–H groups in total. The van der Waals surface area contributed by atoms with E-state index in [-0.39, 0.29) is 18.0 Å². The van der Waals surface area contributed by atoms with E-state index in [1.165, 1.54) is 11.1 Å². The molecule has 0 spiro atoms. The summed E-state index contributed by atoms with van der Waals surface area (Å²) in [5.41, 5.74) is 4.38. The molecule has 1 aromatic heterocycles. The van der Waals surface area contributed by atoms with Crippen molar-refractivity contribution in [3.8, 4) is 0 Å². The van der Waals surface area contributed by atoms with Crippen molar-refractivity contribution in [3.05, 3.63) is 32.7 Å². The van der Waals surface area contributed by atoms with Crippen LogP contribution in [0.5, 0.6) is 0 Å². The molecule has 0 unspecified atom stereocenters. The molecule has 0 amide bonds. The molecule has 2 heterocycles. The fraction of sp³-hybridized carbons (Fsp3) is 0.444. The average Bonchev–Trinajstić information content (AvgIpc) is 2.48. The van der Waals surface area contributed by atoms with Gasteiger partial charge in [-0.05, 0) is 25.0 Å². The molecule has 0 aromatic carbocycles. The van der Waals surface area contributed by atoms with Crippen molar-refractivity contribution in [2.75, 3.05) is 0 Å². The molecule has 0 aliphatic carbocycles. The van der Waals surface area contributed by atoms with Crippen LogP contribution in [0.3, 0.4) is 0 Å². The molecule has 1 aliphatic rings. The second-order valence-corrected chi connectivity index (χ2v) is 3.26. The summed E-state index contributed by atoms with van der Waals surface area (Å²) in [7, 11) is 0. The zero-order valence-corrected chi connectivity index (χ0v) is 8.55. The molecule has 4 heteroatoms. The Morgan fingerprint density at radius 3 is 2.46 bits per heavy atom. The second-order valence-electron chi connectivity index (χ2n) is 3.26. The first-order chi connectivity index (χ1) is 5.70. The van der Waals surface area contributed by atoms with Gasteiger partial charge in [0, 0.05) is 24.3 Å². The van der Waals surface area contributed by atoms with E-state index in [1.54, 1.807) is 0 Å². The number of hydrogen-bond acceptors (Lipinski definition) is 2. The number of hydrogen-bond donors (Lipinski definition) is 2. The van der Waals surface area contributed by atoms with Crippen LogP contribution in [0.25, 0.3) is 0 Å². The Morgan fingerprint density at radius 1 is 1.15 bits per heavy atom. The number of nitrogens with one attached hydrogen (secondary N) is 2. The predicted molar refractivity (Wildman–Crippen MR) is 54.3 cm³/mol. The van der Waals surface area contributed by atoms with Crippen molar-refractivity contribution < 1.29 is 0 Å². The first kappa shape index (κ1) is 10.3. The van der Waals surface area contributed by atoms with Crippen LogP contribution in [0.15, 0.2) is 4.79 Å². The highest BCUT2D eigenvalue weighted by Gasteiger charge is 2.16. The average molecular weight is 201 g/mol. The Balaban J connectivity index is 0.000000845. The van der Waals surface area contributed by atoms with E-state index in [0.717, 1.165) is 17.8 Å². The topological polar surface area (TPSA) is 44.9 Å². The number of pyridine rings is 1. The minimum atomic E-state index is 0. The Hall–Kier alpha value is -0.800. The lowest BCUT2D eigenvalue weighted by molar-refractivity contribution is 0.761. The molecule has 1 aliphatic heterocycles. The number of aromatic amines is 1. The van der Waals surface area contributed by atoms with Crippen LogP contribution >= 0.6 is 12.4 Å². The van der Waals surface area contributed by atoms with Crippen molar-refractivity contribution in [1.82, 2.24) is 10.3 Å². The maximum absolute atomic E-state index is 11.4. The van der Waals surface area contributed by atoms with Gasteiger partial charge in [-0.25, -0.2) is 0 Å². The number of aryl methyl sites for hydroxylation is 1. The first-order valence-electron chi connectivity index (χ1n) is 4.12. The lowest BCUT2D eigenvalue weighted by atomic mass is 10.1. The van der Waals surface area contributed by atoms with Gasteiger partial charge in [0.15, 0.2) is 0 Å². The highest BCUT2D eigenvalue weighted by atomic mass is 35.5. The van der Waals surface area contributed by atoms with Gasteiger partial charge in [-0.3, -0.25) is 4.79 Å². The van der Waals surface area contributed by atoms with Gasteiger partial charge in [-0.1, -0.05) is 0 Å². The van der Waals surface area contributed by atoms with Gasteiger partial charge in [0.1, 0.15) is 0 Å². The van der Waals surface area contributed by atoms with E-state index in [4.69, 9.17) is 0 Å². The molecule has 0 atom stereocenters. The molecule has 0 radical (unpaired) electrons. The van der Waals surface area contributed by atoms with E-state index < -0.39 is 0 Å². The predicted octanol–water partition coefficient (Wildman–Crippen LogP) is 1.02. The Kier molecular flexibility index (Phi) is 2.78. The fourth-order valence-electron chi connectivity index (χ4n) is 1.67. The number of rotatable bonds is 0. The number of fused-ring (bicyclic) bond motifs is 1. The van der Waals surface area contributed by atoms with Crippen LogP contribution in [0.2, 0.25) is 0 Å². The SMILES string of the molecule is Cc1[nH]c(=O)c2c(c1C)CNC2.Cl. The van der Waals surface area contributed by atoms with Crippen LogP contribution in [0.1, 0.15) is 22.4 Å². The Labute approximate surface area is 83.0 Å². The van der Waals surface area contributed by atoms with Crippen molar-refractivity contribution in [2.45, 2.75) is 26.9 Å². The monoisotopic (exact) mass is 200 g/mol. The van der Waals surface area contributed by atoms with Gasteiger partial charge < -0.3 is 10.3 Å². The van der Waals surface area contributed by atoms with Gasteiger partial charge >= 0.3 is 0 Å². The number of aromatic nitrogens is 1. The second kappa shape index (κ2) is 3.52. The molecule has 2 rings (SSSR count). The molecule has 0 saturated heterocycles. The van der Waals surface area contributed by atoms with Gasteiger partial charge in [-0.15, -0.1) is 12.4 Å². The van der Waals surface area contributed by atoms with Gasteiger partial charge in [-0.2, -0.15) is 0 Å². The maximum atomic E-state index is 11.4. The standard InChI is InChI=1S/C9H12N2O.ClH/c1-5-6(2)11-9(12)8-4-10-3-7(5)8;/h10H,3-4H2,1-2H3,(H,11,12);1H. The molecule has 0 bridgehead atoms. The largest absolute Gasteiger partial charge is 0.326 e. The summed E-state index contributed by atoms with van der Waals surface area (Å²) in [6.07, 6.45) is 0. The fourth-order valence-corrected chi connectivity index (χ4v) is 1.67. The zero-order chi connectivity index (χ0) is 8.72. The van der Waals surface area contributed by atoms with E-state index in [0.29, 0.717) is 6.54 Å². The zero-order valence-electron chi connectivity index (χ0n) is 7.73. The first-order valence-corrected chi connectivity index (χ1v) is 4.12. The normalized spacial score (nSPS) is 13.7. The summed E-state index contributed by atoms with van der Waals surface area (Å²) in [5, 5.41) is 3.18. The van der Waals surface area contributed by atoms with E-state index in [2.05, 4.69) is 17.2 Å². The molecule has 13 heavy (non-hydrogen) atoms. The lowest BCUT2D eigenvalue weighted by Crippen LogP contribution is -2.15. The molecular formula is C9H13ClN2O. The van der Waals surface area contributed by atoms with Crippen molar-refractivity contribution in [1.29, 1.82) is 0 Å². The summed E-state index contributed by atoms with van der Waals surface area (Å²) in [6, 6.07) is 0. The van der Waals surface area contributed by atoms with Crippen molar-refractivity contribution in [3.63, 3.8) is 0 Å². The smallest absolute Gasteiger partial charge is 0.252 e. The van der Waals surface area contributed by atoms with E-state index >= 15 is 0 Å². The summed E-state index contributed by atoms with van der Waals surface area (Å²) in [6.45, 7) is 5.55. The molecule has 0 saturated carbocycles. The minimum Gasteiger partial charge on any atom is -0.326 e. The molecular weight excluding hydrogens is 188 g/mol. The van der Waals surface area contributed by atoms with Crippen LogP contribution in [0, 0.1) is 13.8 Å². The van der Waals surface area contributed by atoms with Crippen molar-refractivity contribution >= 4 is 12.4 Å². The summed E-state index contributed by atoms with van der Waals surface area (Å²) >= 11 is 0. The third kappa shape index (κ3) is 1.49. The Morgan fingerprint density at radius 2 is 1.77 bits per heavy atom. The number of halogens is 1.